The van der Waals surface area contributed by atoms with Crippen molar-refractivity contribution in [3.63, 3.8) is 0 Å². The van der Waals surface area contributed by atoms with Gasteiger partial charge in [0, 0.05) is 23.6 Å². The van der Waals surface area contributed by atoms with E-state index in [0.717, 1.165) is 34.0 Å². The molecule has 2 aromatic heterocycles. The maximum Gasteiger partial charge on any atom is 0.290 e. The number of hydrogen-bond donors (Lipinski definition) is 3. The number of fused-ring (bicyclic) bond motifs is 1. The number of carboxylic acid groups (broad SMARTS) is 1. The zero-order chi connectivity index (χ0) is 22.5. The third-order valence-corrected chi connectivity index (χ3v) is 5.15. The third kappa shape index (κ3) is 4.37. The van der Waals surface area contributed by atoms with Crippen LogP contribution in [0.3, 0.4) is 0 Å². The second-order valence-electron chi connectivity index (χ2n) is 7.02. The van der Waals surface area contributed by atoms with Crippen molar-refractivity contribution in [1.82, 2.24) is 19.7 Å². The first kappa shape index (κ1) is 21.9. The fourth-order valence-electron chi connectivity index (χ4n) is 3.84. The van der Waals surface area contributed by atoms with Crippen molar-refractivity contribution >= 4 is 18.2 Å². The lowest BCUT2D eigenvalue weighted by Gasteiger charge is -2.23. The molecule has 0 saturated heterocycles. The summed E-state index contributed by atoms with van der Waals surface area (Å²) in [5, 5.41) is 14.6. The lowest BCUT2D eigenvalue weighted by atomic mass is 9.88. The molecule has 0 radical (unpaired) electrons. The number of nitrogens with one attached hydrogen (secondary N) is 2. The summed E-state index contributed by atoms with van der Waals surface area (Å²) in [4.78, 5) is 28.3. The highest BCUT2D eigenvalue weighted by atomic mass is 16.5. The molecule has 4 rings (SSSR count). The largest absolute Gasteiger partial charge is 0.493 e. The Bertz CT molecular complexity index is 1090. The smallest absolute Gasteiger partial charge is 0.290 e. The normalized spacial score (nSPS) is 14.7. The molecule has 0 spiro atoms. The van der Waals surface area contributed by atoms with Crippen LogP contribution in [0.15, 0.2) is 24.5 Å². The Balaban J connectivity index is 0.000000858. The van der Waals surface area contributed by atoms with Gasteiger partial charge in [-0.15, -0.1) is 0 Å². The molecule has 1 atom stereocenters. The molecule has 164 valence electrons. The van der Waals surface area contributed by atoms with Crippen LogP contribution in [0.4, 0.5) is 5.82 Å². The van der Waals surface area contributed by atoms with E-state index in [-0.39, 0.29) is 18.3 Å². The molecule has 31 heavy (non-hydrogen) atoms. The van der Waals surface area contributed by atoms with Gasteiger partial charge in [0.2, 0.25) is 5.91 Å². The van der Waals surface area contributed by atoms with Gasteiger partial charge in [-0.05, 0) is 31.5 Å². The Morgan fingerprint density at radius 3 is 2.58 bits per heavy atom. The second-order valence-corrected chi connectivity index (χ2v) is 7.02. The van der Waals surface area contributed by atoms with Crippen molar-refractivity contribution in [2.24, 2.45) is 0 Å². The lowest BCUT2D eigenvalue weighted by Crippen LogP contribution is -2.25. The predicted molar refractivity (Wildman–Crippen MR) is 113 cm³/mol. The summed E-state index contributed by atoms with van der Waals surface area (Å²) in [6.07, 6.45) is 2.03. The molecule has 10 nitrogen and oxygen atoms in total. The van der Waals surface area contributed by atoms with E-state index in [1.165, 1.54) is 0 Å². The Morgan fingerprint density at radius 2 is 1.97 bits per heavy atom. The average molecular weight is 427 g/mol. The third-order valence-electron chi connectivity index (χ3n) is 5.15. The SMILES string of the molecule is COc1ccc(Cn2nc(C)c3c2NC(=O)CC3c2nc[nH]c2C)cc1OC.O=CO. The van der Waals surface area contributed by atoms with Gasteiger partial charge in [0.25, 0.3) is 6.47 Å². The summed E-state index contributed by atoms with van der Waals surface area (Å²) in [6, 6.07) is 5.75. The van der Waals surface area contributed by atoms with E-state index in [2.05, 4.69) is 15.3 Å². The molecule has 0 aliphatic carbocycles. The number of methoxy groups -OCH3 is 2. The van der Waals surface area contributed by atoms with Gasteiger partial charge in [-0.25, -0.2) is 9.67 Å². The molecule has 1 aromatic carbocycles. The number of carbonyl (C=O) groups excluding carboxylic acids is 1. The highest BCUT2D eigenvalue weighted by Gasteiger charge is 2.34. The van der Waals surface area contributed by atoms with Gasteiger partial charge in [0.05, 0.1) is 38.5 Å². The quantitative estimate of drug-likeness (QED) is 0.533. The summed E-state index contributed by atoms with van der Waals surface area (Å²) >= 11 is 0. The Labute approximate surface area is 179 Å². The van der Waals surface area contributed by atoms with Crippen LogP contribution >= 0.6 is 0 Å². The molecule has 0 bridgehead atoms. The molecule has 1 amide bonds. The maximum atomic E-state index is 12.4. The number of H-pyrrole nitrogens is 1. The number of amides is 1. The minimum atomic E-state index is -0.250. The fraction of sp³-hybridized carbons (Fsp3) is 0.333. The number of carbonyl (C=O) groups is 2. The van der Waals surface area contributed by atoms with Crippen molar-refractivity contribution in [3.8, 4) is 11.5 Å². The summed E-state index contributed by atoms with van der Waals surface area (Å²) in [5.74, 6) is 1.93. The molecule has 0 saturated carbocycles. The van der Waals surface area contributed by atoms with Crippen LogP contribution in [0.2, 0.25) is 0 Å². The van der Waals surface area contributed by atoms with E-state index in [9.17, 15) is 4.79 Å². The number of imidazole rings is 1. The summed E-state index contributed by atoms with van der Waals surface area (Å²) in [5.41, 5.74) is 4.77. The van der Waals surface area contributed by atoms with Gasteiger partial charge >= 0.3 is 0 Å². The minimum absolute atomic E-state index is 0.0339. The second kappa shape index (κ2) is 9.33. The minimum Gasteiger partial charge on any atom is -0.493 e. The fourth-order valence-corrected chi connectivity index (χ4v) is 3.84. The summed E-state index contributed by atoms with van der Waals surface area (Å²) in [6.45, 7) is 4.19. The van der Waals surface area contributed by atoms with Gasteiger partial charge in [-0.3, -0.25) is 9.59 Å². The Hall–Kier alpha value is -3.82. The summed E-state index contributed by atoms with van der Waals surface area (Å²) < 4.78 is 12.5. The number of ether oxygens (including phenoxy) is 2. The van der Waals surface area contributed by atoms with E-state index in [1.54, 1.807) is 20.5 Å². The van der Waals surface area contributed by atoms with E-state index in [1.807, 2.05) is 36.7 Å². The molecule has 1 unspecified atom stereocenters. The Morgan fingerprint density at radius 1 is 1.26 bits per heavy atom. The summed E-state index contributed by atoms with van der Waals surface area (Å²) in [7, 11) is 3.22. The molecule has 1 aliphatic heterocycles. The van der Waals surface area contributed by atoms with Crippen LogP contribution in [0, 0.1) is 13.8 Å². The number of aromatic amines is 1. The number of anilines is 1. The van der Waals surface area contributed by atoms with Crippen molar-refractivity contribution < 1.29 is 24.2 Å². The number of hydrogen-bond acceptors (Lipinski definition) is 6. The number of aryl methyl sites for hydroxylation is 2. The number of aromatic nitrogens is 4. The monoisotopic (exact) mass is 427 g/mol. The first-order chi connectivity index (χ1) is 14.9. The van der Waals surface area contributed by atoms with Gasteiger partial charge in [0.15, 0.2) is 11.5 Å². The number of nitrogens with zero attached hydrogens (tertiary/aromatic N) is 3. The standard InChI is InChI=1S/C20H23N5O3.CH2O2/c1-11-18-14(19-12(2)21-10-22-19)8-17(26)23-20(18)25(24-11)9-13-5-6-15(27-3)16(7-13)28-4;2-1-3/h5-7,10,14H,8-9H2,1-4H3,(H,21,22)(H,23,26);1H,(H,2,3). The maximum absolute atomic E-state index is 12.4. The number of rotatable bonds is 5. The van der Waals surface area contributed by atoms with Crippen LogP contribution in [0.25, 0.3) is 0 Å². The molecular weight excluding hydrogens is 402 g/mol. The molecule has 3 aromatic rings. The molecule has 3 heterocycles. The lowest BCUT2D eigenvalue weighted by molar-refractivity contribution is -0.123. The van der Waals surface area contributed by atoms with Crippen molar-refractivity contribution in [2.45, 2.75) is 32.7 Å². The number of benzene rings is 1. The van der Waals surface area contributed by atoms with Crippen LogP contribution in [-0.2, 0) is 16.1 Å². The van der Waals surface area contributed by atoms with Crippen molar-refractivity contribution in [3.05, 3.63) is 52.7 Å². The molecular formula is C21H25N5O5. The van der Waals surface area contributed by atoms with E-state index >= 15 is 0 Å². The van der Waals surface area contributed by atoms with Crippen LogP contribution < -0.4 is 14.8 Å². The molecule has 10 heteroatoms. The van der Waals surface area contributed by atoms with Gasteiger partial charge in [-0.1, -0.05) is 6.07 Å². The highest BCUT2D eigenvalue weighted by molar-refractivity contribution is 5.94. The average Bonchev–Trinajstić information content (AvgIpc) is 3.31. The van der Waals surface area contributed by atoms with Gasteiger partial charge in [-0.2, -0.15) is 5.10 Å². The van der Waals surface area contributed by atoms with Crippen LogP contribution in [0.5, 0.6) is 11.5 Å². The highest BCUT2D eigenvalue weighted by Crippen LogP contribution is 2.39. The Kier molecular flexibility index (Phi) is 6.58. The molecule has 3 N–H and O–H groups in total. The van der Waals surface area contributed by atoms with Gasteiger partial charge in [0.1, 0.15) is 5.82 Å². The first-order valence-electron chi connectivity index (χ1n) is 9.59. The first-order valence-corrected chi connectivity index (χ1v) is 9.59. The van der Waals surface area contributed by atoms with Crippen molar-refractivity contribution in [2.75, 3.05) is 19.5 Å². The van der Waals surface area contributed by atoms with Gasteiger partial charge < -0.3 is 24.9 Å². The van der Waals surface area contributed by atoms with Crippen molar-refractivity contribution in [1.29, 1.82) is 0 Å². The molecule has 0 fully saturated rings. The molecule has 1 aliphatic rings. The zero-order valence-corrected chi connectivity index (χ0v) is 17.8. The van der Waals surface area contributed by atoms with E-state index in [4.69, 9.17) is 24.5 Å². The van der Waals surface area contributed by atoms with Crippen LogP contribution in [0.1, 0.15) is 40.5 Å². The predicted octanol–water partition coefficient (Wildman–Crippen LogP) is 2.46. The van der Waals surface area contributed by atoms with E-state index < -0.39 is 0 Å². The van der Waals surface area contributed by atoms with E-state index in [0.29, 0.717) is 24.5 Å². The topological polar surface area (TPSA) is 131 Å². The van der Waals surface area contributed by atoms with Crippen LogP contribution in [-0.4, -0.2) is 51.5 Å². The zero-order valence-electron chi connectivity index (χ0n) is 17.8.